The Kier molecular flexibility index (Phi) is 25.0. The summed E-state index contributed by atoms with van der Waals surface area (Å²) in [5, 5.41) is 54.2. The number of fused-ring (bicyclic) bond motifs is 15. The van der Waals surface area contributed by atoms with Crippen molar-refractivity contribution in [3.63, 3.8) is 0 Å². The number of phenolic OH excluding ortho intramolecular Hbond substituents is 1. The first-order valence-electron chi connectivity index (χ1n) is 22.4. The standard InChI is InChI=1S/C42H72N12O9S/c43-39(62)33(23-64)52-34(56)6-2-1-3-15-50-40(63)32(22-30-11-13-31(55)14-12-30)51-35(57)7-4-8-36(58)53-41-24-44-16-19-47-27-42(28-48-20-17-45-25-41,29-49-21-18-46-26-41)54-37(59)9-5-10-38(60)61/h11-14,32-33,44-49,55,64H,1-10,15-29H2,(H2,43,62)(H,50,63)(H,51,57)(H,52,56)(H,53,58)(H,54,59)(H,60,61)/t32?,33?,41-,42+. The van der Waals surface area contributed by atoms with Crippen LogP contribution in [0.2, 0.25) is 0 Å². The van der Waals surface area contributed by atoms with Gasteiger partial charge in [0.05, 0.1) is 11.1 Å². The molecule has 3 saturated heterocycles. The summed E-state index contributed by atoms with van der Waals surface area (Å²) in [4.78, 5) is 87.5. The topological polar surface area (TPSA) is 318 Å². The minimum Gasteiger partial charge on any atom is -0.508 e. The Morgan fingerprint density at radius 2 is 1.02 bits per heavy atom. The number of primary amides is 1. The molecule has 0 aromatic heterocycles. The van der Waals surface area contributed by atoms with E-state index < -0.39 is 35.0 Å². The maximum atomic E-state index is 13.6. The van der Waals surface area contributed by atoms with Gasteiger partial charge in [0.2, 0.25) is 35.4 Å². The summed E-state index contributed by atoms with van der Waals surface area (Å²) in [6.07, 6.45) is 2.74. The van der Waals surface area contributed by atoms with Crippen LogP contribution in [0.1, 0.15) is 69.8 Å². The number of aliphatic carboxylic acids is 1. The maximum Gasteiger partial charge on any atom is 0.303 e. The molecule has 2 bridgehead atoms. The number of hydrogen-bond donors (Lipinski definition) is 15. The molecule has 21 nitrogen and oxygen atoms in total. The summed E-state index contributed by atoms with van der Waals surface area (Å²) >= 11 is 4.02. The van der Waals surface area contributed by atoms with Gasteiger partial charge in [-0.1, -0.05) is 18.6 Å². The molecule has 0 aliphatic carbocycles. The molecule has 15 N–H and O–H groups in total. The van der Waals surface area contributed by atoms with E-state index in [4.69, 9.17) is 10.8 Å². The molecule has 3 aliphatic heterocycles. The monoisotopic (exact) mass is 921 g/mol. The molecule has 3 fully saturated rings. The second kappa shape index (κ2) is 29.8. The van der Waals surface area contributed by atoms with Crippen LogP contribution in [0.3, 0.4) is 0 Å². The zero-order valence-electron chi connectivity index (χ0n) is 36.9. The van der Waals surface area contributed by atoms with E-state index in [9.17, 15) is 38.7 Å². The van der Waals surface area contributed by atoms with Gasteiger partial charge in [-0.05, 0) is 43.4 Å². The number of carbonyl (C=O) groups excluding carboxylic acids is 6. The highest BCUT2D eigenvalue weighted by atomic mass is 32.1. The average Bonchev–Trinajstić information content (AvgIpc) is 3.24. The first-order valence-corrected chi connectivity index (χ1v) is 23.0. The fraction of sp³-hybridized carbons (Fsp3) is 0.690. The molecule has 1 aromatic rings. The van der Waals surface area contributed by atoms with Crippen LogP contribution in [0.15, 0.2) is 24.3 Å². The van der Waals surface area contributed by atoms with Crippen LogP contribution in [0, 0.1) is 0 Å². The Balaban J connectivity index is 1.53. The van der Waals surface area contributed by atoms with Crippen LogP contribution >= 0.6 is 12.6 Å². The Labute approximate surface area is 381 Å². The number of nitrogens with one attached hydrogen (secondary N) is 11. The first kappa shape index (κ1) is 53.8. The van der Waals surface area contributed by atoms with Crippen LogP contribution in [0.25, 0.3) is 0 Å². The molecule has 2 atom stereocenters. The number of unbranched alkanes of at least 4 members (excludes halogenated alkanes) is 2. The smallest absolute Gasteiger partial charge is 0.303 e. The predicted molar refractivity (Wildman–Crippen MR) is 245 cm³/mol. The number of carbonyl (C=O) groups is 7. The summed E-state index contributed by atoms with van der Waals surface area (Å²) in [6, 6.07) is 4.61. The molecule has 0 spiro atoms. The Morgan fingerprint density at radius 1 is 0.594 bits per heavy atom. The number of aromatic hydroxyl groups is 1. The molecule has 4 rings (SSSR count). The molecule has 64 heavy (non-hydrogen) atoms. The number of nitrogens with two attached hydrogens (primary N) is 1. The van der Waals surface area contributed by atoms with Crippen LogP contribution < -0.4 is 64.2 Å². The highest BCUT2D eigenvalue weighted by Gasteiger charge is 2.34. The van der Waals surface area contributed by atoms with Gasteiger partial charge in [0.15, 0.2) is 0 Å². The van der Waals surface area contributed by atoms with Gasteiger partial charge >= 0.3 is 5.97 Å². The fourth-order valence-electron chi connectivity index (χ4n) is 7.40. The summed E-state index contributed by atoms with van der Waals surface area (Å²) in [6.45, 7) is 6.57. The third-order valence-electron chi connectivity index (χ3n) is 10.9. The summed E-state index contributed by atoms with van der Waals surface area (Å²) < 4.78 is 0. The second-order valence-corrected chi connectivity index (χ2v) is 17.0. The van der Waals surface area contributed by atoms with E-state index in [-0.39, 0.29) is 92.4 Å². The zero-order chi connectivity index (χ0) is 46.6. The van der Waals surface area contributed by atoms with E-state index in [1.165, 1.54) is 12.1 Å². The lowest BCUT2D eigenvalue weighted by atomic mass is 9.96. The SMILES string of the molecule is NC(=O)C(CS)NC(=O)CCCCCNC(=O)C(Cc1ccc(O)cc1)NC(=O)CCCC(=O)N[C@]12CNCCNC[C@](NC(=O)CCCC(=O)O)(CNCCNC1)CNCCNC2. The minimum atomic E-state index is -0.933. The molecule has 360 valence electrons. The summed E-state index contributed by atoms with van der Waals surface area (Å²) in [5.41, 5.74) is 4.62. The third kappa shape index (κ3) is 21.9. The highest BCUT2D eigenvalue weighted by molar-refractivity contribution is 7.80. The van der Waals surface area contributed by atoms with Crippen molar-refractivity contribution in [3.8, 4) is 5.75 Å². The van der Waals surface area contributed by atoms with Gasteiger partial charge < -0.3 is 74.4 Å². The minimum absolute atomic E-state index is 0.00765. The quantitative estimate of drug-likeness (QED) is 0.0378. The van der Waals surface area contributed by atoms with Crippen LogP contribution in [0.5, 0.6) is 5.75 Å². The lowest BCUT2D eigenvalue weighted by Crippen LogP contribution is -2.68. The van der Waals surface area contributed by atoms with Gasteiger partial charge in [0.25, 0.3) is 0 Å². The molecule has 2 unspecified atom stereocenters. The van der Waals surface area contributed by atoms with Crippen molar-refractivity contribution in [3.05, 3.63) is 29.8 Å². The zero-order valence-corrected chi connectivity index (χ0v) is 37.8. The van der Waals surface area contributed by atoms with E-state index in [0.29, 0.717) is 104 Å². The highest BCUT2D eigenvalue weighted by Crippen LogP contribution is 2.13. The van der Waals surface area contributed by atoms with Crippen molar-refractivity contribution in [1.29, 1.82) is 0 Å². The van der Waals surface area contributed by atoms with Crippen molar-refractivity contribution in [1.82, 2.24) is 58.5 Å². The van der Waals surface area contributed by atoms with E-state index in [2.05, 4.69) is 71.1 Å². The molecule has 0 saturated carbocycles. The van der Waals surface area contributed by atoms with Gasteiger partial charge in [0, 0.05) is 129 Å². The number of rotatable bonds is 23. The number of hydrogen-bond acceptors (Lipinski definition) is 15. The van der Waals surface area contributed by atoms with Crippen LogP contribution in [-0.2, 0) is 40.0 Å². The molecule has 1 aromatic carbocycles. The van der Waals surface area contributed by atoms with Gasteiger partial charge in [0.1, 0.15) is 17.8 Å². The van der Waals surface area contributed by atoms with Crippen LogP contribution in [0.4, 0.5) is 0 Å². The number of carboxylic acids is 1. The average molecular weight is 921 g/mol. The fourth-order valence-corrected chi connectivity index (χ4v) is 7.67. The van der Waals surface area contributed by atoms with Gasteiger partial charge in [-0.2, -0.15) is 12.6 Å². The summed E-state index contributed by atoms with van der Waals surface area (Å²) in [7, 11) is 0. The first-order chi connectivity index (χ1) is 30.7. The third-order valence-corrected chi connectivity index (χ3v) is 11.3. The molecule has 6 amide bonds. The van der Waals surface area contributed by atoms with E-state index in [0.717, 1.165) is 5.56 Å². The Hall–Kier alpha value is -4.58. The number of phenols is 1. The summed E-state index contributed by atoms with van der Waals surface area (Å²) in [5.74, 6) is -2.91. The van der Waals surface area contributed by atoms with E-state index in [1.54, 1.807) is 12.1 Å². The number of benzene rings is 1. The Bertz CT molecular complexity index is 1600. The predicted octanol–water partition coefficient (Wildman–Crippen LogP) is -3.30. The normalized spacial score (nSPS) is 20.9. The van der Waals surface area contributed by atoms with Crippen molar-refractivity contribution in [2.45, 2.75) is 93.8 Å². The molecular formula is C42H72N12O9S. The maximum absolute atomic E-state index is 13.6. The van der Waals surface area contributed by atoms with Gasteiger partial charge in [-0.25, -0.2) is 0 Å². The molecule has 22 heteroatoms. The lowest BCUT2D eigenvalue weighted by Gasteiger charge is -2.39. The number of carboxylic acid groups (broad SMARTS) is 1. The van der Waals surface area contributed by atoms with Crippen molar-refractivity contribution < 1.29 is 43.8 Å². The number of thiol groups is 1. The Morgan fingerprint density at radius 3 is 1.45 bits per heavy atom. The largest absolute Gasteiger partial charge is 0.508 e. The molecule has 3 aliphatic rings. The molecular weight excluding hydrogens is 849 g/mol. The molecule has 0 radical (unpaired) electrons. The lowest BCUT2D eigenvalue weighted by molar-refractivity contribution is -0.137. The van der Waals surface area contributed by atoms with Gasteiger partial charge in [-0.3, -0.25) is 33.6 Å². The van der Waals surface area contributed by atoms with Crippen LogP contribution in [-0.4, -0.2) is 166 Å². The van der Waals surface area contributed by atoms with Crippen molar-refractivity contribution in [2.24, 2.45) is 5.73 Å². The van der Waals surface area contributed by atoms with E-state index in [1.807, 2.05) is 0 Å². The second-order valence-electron chi connectivity index (χ2n) is 16.6. The van der Waals surface area contributed by atoms with E-state index >= 15 is 0 Å². The van der Waals surface area contributed by atoms with Crippen molar-refractivity contribution >= 4 is 54.0 Å². The van der Waals surface area contributed by atoms with Gasteiger partial charge in [-0.15, -0.1) is 0 Å². The van der Waals surface area contributed by atoms with Crippen molar-refractivity contribution in [2.75, 3.05) is 90.8 Å². The molecule has 3 heterocycles. The number of amides is 6.